The summed E-state index contributed by atoms with van der Waals surface area (Å²) in [5.41, 5.74) is 1.86. The summed E-state index contributed by atoms with van der Waals surface area (Å²) in [6.45, 7) is 5.51. The van der Waals surface area contributed by atoms with Crippen molar-refractivity contribution in [2.75, 3.05) is 6.61 Å². The summed E-state index contributed by atoms with van der Waals surface area (Å²) in [4.78, 5) is 11.4. The minimum Gasteiger partial charge on any atom is -0.494 e. The second kappa shape index (κ2) is 9.23. The third-order valence-electron chi connectivity index (χ3n) is 4.00. The topological polar surface area (TPSA) is 47.0 Å². The molecule has 0 aliphatic heterocycles. The molecule has 1 aromatic heterocycles. The van der Waals surface area contributed by atoms with Crippen LogP contribution in [-0.4, -0.2) is 16.4 Å². The van der Waals surface area contributed by atoms with Gasteiger partial charge in [0.05, 0.1) is 13.2 Å². The van der Waals surface area contributed by atoms with Gasteiger partial charge in [0.2, 0.25) is 0 Å². The zero-order chi connectivity index (χ0) is 16.5. The van der Waals surface area contributed by atoms with Gasteiger partial charge in [-0.1, -0.05) is 51.2 Å². The Hall–Kier alpha value is -1.97. The molecule has 0 aliphatic carbocycles. The monoisotopic (exact) mass is 316 g/mol. The Balaban J connectivity index is 1.71. The summed E-state index contributed by atoms with van der Waals surface area (Å²) in [5.74, 6) is 0.916. The first kappa shape index (κ1) is 17.4. The van der Waals surface area contributed by atoms with Crippen molar-refractivity contribution in [3.8, 4) is 5.75 Å². The van der Waals surface area contributed by atoms with Crippen LogP contribution in [0.4, 0.5) is 0 Å². The van der Waals surface area contributed by atoms with Gasteiger partial charge >= 0.3 is 0 Å². The summed E-state index contributed by atoms with van der Waals surface area (Å²) in [7, 11) is 0. The molecule has 1 heterocycles. The normalized spacial score (nSPS) is 10.9. The third-order valence-corrected chi connectivity index (χ3v) is 4.00. The molecular formula is C19H28N2O2. The van der Waals surface area contributed by atoms with Gasteiger partial charge in [-0.2, -0.15) is 0 Å². The van der Waals surface area contributed by atoms with Gasteiger partial charge in [-0.3, -0.25) is 14.6 Å². The molecule has 4 heteroatoms. The van der Waals surface area contributed by atoms with Crippen LogP contribution in [0.25, 0.3) is 0 Å². The standard InChI is InChI=1S/C19H28N2O2/c1-3-4-5-6-7-8-13-23-18-11-9-17(10-12-18)15-21-14-16(2)19(22)20-21/h9-12,14H,3-8,13,15H2,1-2H3,(H,20,22). The average Bonchev–Trinajstić information content (AvgIpc) is 2.86. The summed E-state index contributed by atoms with van der Waals surface area (Å²) in [6, 6.07) is 8.09. The number of hydrogen-bond donors (Lipinski definition) is 1. The number of rotatable bonds is 10. The number of nitrogens with one attached hydrogen (secondary N) is 1. The van der Waals surface area contributed by atoms with Crippen molar-refractivity contribution in [3.05, 3.63) is 51.9 Å². The molecule has 4 nitrogen and oxygen atoms in total. The summed E-state index contributed by atoms with van der Waals surface area (Å²) in [5, 5.41) is 2.80. The smallest absolute Gasteiger partial charge is 0.266 e. The van der Waals surface area contributed by atoms with Gasteiger partial charge in [-0.15, -0.1) is 0 Å². The van der Waals surface area contributed by atoms with Gasteiger partial charge < -0.3 is 4.74 Å². The lowest BCUT2D eigenvalue weighted by molar-refractivity contribution is 0.304. The van der Waals surface area contributed by atoms with Crippen LogP contribution in [0.5, 0.6) is 5.75 Å². The van der Waals surface area contributed by atoms with Crippen LogP contribution in [0.1, 0.15) is 56.6 Å². The Labute approximate surface area is 138 Å². The van der Waals surface area contributed by atoms with Gasteiger partial charge in [-0.25, -0.2) is 0 Å². The fraction of sp³-hybridized carbons (Fsp3) is 0.526. The van der Waals surface area contributed by atoms with Gasteiger partial charge in [0.25, 0.3) is 5.56 Å². The zero-order valence-electron chi connectivity index (χ0n) is 14.3. The van der Waals surface area contributed by atoms with Crippen molar-refractivity contribution in [2.45, 2.75) is 58.9 Å². The number of aromatic amines is 1. The molecule has 1 N–H and O–H groups in total. The molecule has 0 spiro atoms. The number of hydrogen-bond acceptors (Lipinski definition) is 2. The molecule has 0 saturated heterocycles. The predicted octanol–water partition coefficient (Wildman–Crippen LogP) is 4.27. The molecule has 0 unspecified atom stereocenters. The highest BCUT2D eigenvalue weighted by molar-refractivity contribution is 5.27. The highest BCUT2D eigenvalue weighted by Gasteiger charge is 2.01. The van der Waals surface area contributed by atoms with Gasteiger partial charge in [-0.05, 0) is 31.0 Å². The zero-order valence-corrected chi connectivity index (χ0v) is 14.3. The van der Waals surface area contributed by atoms with E-state index >= 15 is 0 Å². The third kappa shape index (κ3) is 5.97. The number of H-pyrrole nitrogens is 1. The largest absolute Gasteiger partial charge is 0.494 e. The van der Waals surface area contributed by atoms with E-state index in [-0.39, 0.29) is 5.56 Å². The molecule has 0 bridgehead atoms. The van der Waals surface area contributed by atoms with Crippen LogP contribution < -0.4 is 10.3 Å². The lowest BCUT2D eigenvalue weighted by atomic mass is 10.1. The first-order valence-electron chi connectivity index (χ1n) is 8.67. The van der Waals surface area contributed by atoms with Crippen LogP contribution in [-0.2, 0) is 6.54 Å². The average molecular weight is 316 g/mol. The Morgan fingerprint density at radius 2 is 1.74 bits per heavy atom. The molecular weight excluding hydrogens is 288 g/mol. The quantitative estimate of drug-likeness (QED) is 0.665. The van der Waals surface area contributed by atoms with E-state index in [9.17, 15) is 4.79 Å². The number of aryl methyl sites for hydroxylation is 1. The van der Waals surface area contributed by atoms with E-state index in [1.807, 2.05) is 42.1 Å². The lowest BCUT2D eigenvalue weighted by Crippen LogP contribution is -2.07. The molecule has 23 heavy (non-hydrogen) atoms. The fourth-order valence-electron chi connectivity index (χ4n) is 2.59. The number of nitrogens with zero attached hydrogens (tertiary/aromatic N) is 1. The number of ether oxygens (including phenoxy) is 1. The highest BCUT2D eigenvalue weighted by Crippen LogP contribution is 2.14. The lowest BCUT2D eigenvalue weighted by Gasteiger charge is -2.08. The number of aromatic nitrogens is 2. The molecule has 0 amide bonds. The van der Waals surface area contributed by atoms with Crippen molar-refractivity contribution in [1.82, 2.24) is 9.78 Å². The van der Waals surface area contributed by atoms with Crippen LogP contribution in [0.15, 0.2) is 35.3 Å². The van der Waals surface area contributed by atoms with E-state index in [1.54, 1.807) is 0 Å². The molecule has 0 radical (unpaired) electrons. The van der Waals surface area contributed by atoms with Crippen LogP contribution >= 0.6 is 0 Å². The van der Waals surface area contributed by atoms with Crippen molar-refractivity contribution in [2.24, 2.45) is 0 Å². The molecule has 0 atom stereocenters. The maximum Gasteiger partial charge on any atom is 0.266 e. The Bertz CT molecular complexity index is 626. The Morgan fingerprint density at radius 1 is 1.04 bits per heavy atom. The number of unbranched alkanes of at least 4 members (excludes halogenated alkanes) is 5. The van der Waals surface area contributed by atoms with E-state index in [2.05, 4.69) is 12.0 Å². The summed E-state index contributed by atoms with van der Waals surface area (Å²) in [6.07, 6.45) is 9.49. The second-order valence-electron chi connectivity index (χ2n) is 6.14. The van der Waals surface area contributed by atoms with Crippen LogP contribution in [0.3, 0.4) is 0 Å². The summed E-state index contributed by atoms with van der Waals surface area (Å²) >= 11 is 0. The van der Waals surface area contributed by atoms with Crippen LogP contribution in [0.2, 0.25) is 0 Å². The predicted molar refractivity (Wildman–Crippen MR) is 94.2 cm³/mol. The van der Waals surface area contributed by atoms with Gasteiger partial charge in [0.1, 0.15) is 5.75 Å². The van der Waals surface area contributed by atoms with Crippen molar-refractivity contribution in [1.29, 1.82) is 0 Å². The SMILES string of the molecule is CCCCCCCCOc1ccc(Cn2cc(C)c(=O)[nH]2)cc1. The van der Waals surface area contributed by atoms with Crippen LogP contribution in [0, 0.1) is 6.92 Å². The van der Waals surface area contributed by atoms with Crippen molar-refractivity contribution in [3.63, 3.8) is 0 Å². The second-order valence-corrected chi connectivity index (χ2v) is 6.14. The molecule has 1 aromatic carbocycles. The van der Waals surface area contributed by atoms with E-state index in [1.165, 1.54) is 32.1 Å². The Morgan fingerprint density at radius 3 is 2.39 bits per heavy atom. The first-order valence-corrected chi connectivity index (χ1v) is 8.67. The molecule has 0 fully saturated rings. The fourth-order valence-corrected chi connectivity index (χ4v) is 2.59. The molecule has 2 rings (SSSR count). The van der Waals surface area contributed by atoms with E-state index < -0.39 is 0 Å². The number of benzene rings is 1. The van der Waals surface area contributed by atoms with Crippen molar-refractivity contribution < 1.29 is 4.74 Å². The van der Waals surface area contributed by atoms with E-state index in [0.717, 1.165) is 29.9 Å². The molecule has 0 saturated carbocycles. The molecule has 2 aromatic rings. The van der Waals surface area contributed by atoms with Crippen molar-refractivity contribution >= 4 is 0 Å². The summed E-state index contributed by atoms with van der Waals surface area (Å²) < 4.78 is 7.59. The minimum absolute atomic E-state index is 0.0242. The van der Waals surface area contributed by atoms with E-state index in [0.29, 0.717) is 6.54 Å². The maximum atomic E-state index is 11.4. The maximum absolute atomic E-state index is 11.4. The molecule has 0 aliphatic rings. The Kier molecular flexibility index (Phi) is 6.98. The molecule has 126 valence electrons. The van der Waals surface area contributed by atoms with E-state index in [4.69, 9.17) is 4.74 Å². The minimum atomic E-state index is -0.0242. The highest BCUT2D eigenvalue weighted by atomic mass is 16.5. The van der Waals surface area contributed by atoms with Gasteiger partial charge in [0.15, 0.2) is 0 Å². The first-order chi connectivity index (χ1) is 11.2. The van der Waals surface area contributed by atoms with Gasteiger partial charge in [0, 0.05) is 11.8 Å².